The van der Waals surface area contributed by atoms with Crippen LogP contribution in [0.3, 0.4) is 0 Å². The van der Waals surface area contributed by atoms with E-state index in [0.29, 0.717) is 0 Å². The molecule has 0 saturated heterocycles. The second-order valence-corrected chi connectivity index (χ2v) is 5.69. The topological polar surface area (TPSA) is 118 Å². The molecule has 0 amide bonds. The van der Waals surface area contributed by atoms with Gasteiger partial charge < -0.3 is 5.73 Å². The number of nitrogens with zero attached hydrogens (tertiary/aromatic N) is 4. The van der Waals surface area contributed by atoms with Crippen LogP contribution in [0.5, 0.6) is 0 Å². The van der Waals surface area contributed by atoms with Crippen molar-refractivity contribution in [3.8, 4) is 0 Å². The molecule has 0 aromatic carbocycles. The van der Waals surface area contributed by atoms with Crippen LogP contribution in [0.1, 0.15) is 5.56 Å². The van der Waals surface area contributed by atoms with Gasteiger partial charge in [-0.05, 0) is 0 Å². The van der Waals surface area contributed by atoms with Crippen molar-refractivity contribution in [3.05, 3.63) is 30.4 Å². The van der Waals surface area contributed by atoms with E-state index >= 15 is 0 Å². The number of nitrogens with one attached hydrogen (secondary N) is 1. The van der Waals surface area contributed by atoms with Gasteiger partial charge in [-0.3, -0.25) is 5.10 Å². The lowest BCUT2D eigenvalue weighted by molar-refractivity contribution is 0.466. The first-order valence-corrected chi connectivity index (χ1v) is 6.45. The van der Waals surface area contributed by atoms with Crippen LogP contribution in [-0.2, 0) is 16.6 Å². The fourth-order valence-electron chi connectivity index (χ4n) is 1.35. The van der Waals surface area contributed by atoms with Crippen LogP contribution < -0.4 is 5.73 Å². The molecule has 0 bridgehead atoms. The largest absolute Gasteiger partial charge is 0.368 e. The highest BCUT2D eigenvalue weighted by molar-refractivity contribution is 7.89. The highest BCUT2D eigenvalue weighted by Crippen LogP contribution is 2.14. The summed E-state index contributed by atoms with van der Waals surface area (Å²) >= 11 is 0. The van der Waals surface area contributed by atoms with E-state index in [0.717, 1.165) is 5.56 Å². The zero-order valence-corrected chi connectivity index (χ0v) is 10.4. The first-order chi connectivity index (χ1) is 8.50. The van der Waals surface area contributed by atoms with Crippen LogP contribution in [0.4, 0.5) is 5.95 Å². The number of aromatic nitrogens is 4. The van der Waals surface area contributed by atoms with Gasteiger partial charge in [-0.25, -0.2) is 18.4 Å². The lowest BCUT2D eigenvalue weighted by Gasteiger charge is -2.15. The Kier molecular flexibility index (Phi) is 3.26. The first kappa shape index (κ1) is 12.5. The summed E-state index contributed by atoms with van der Waals surface area (Å²) in [7, 11) is -2.15. The number of nitrogen functional groups attached to an aromatic ring is 1. The van der Waals surface area contributed by atoms with Crippen LogP contribution in [-0.4, -0.2) is 39.9 Å². The molecule has 8 nitrogen and oxygen atoms in total. The quantitative estimate of drug-likeness (QED) is 0.779. The predicted octanol–water partition coefficient (Wildman–Crippen LogP) is -0.397. The van der Waals surface area contributed by atoms with Gasteiger partial charge in [-0.2, -0.15) is 9.40 Å². The molecule has 9 heteroatoms. The molecule has 0 fully saturated rings. The molecule has 0 aliphatic carbocycles. The van der Waals surface area contributed by atoms with E-state index in [2.05, 4.69) is 20.2 Å². The van der Waals surface area contributed by atoms with E-state index < -0.39 is 10.0 Å². The summed E-state index contributed by atoms with van der Waals surface area (Å²) in [6.07, 6.45) is 5.56. The van der Waals surface area contributed by atoms with Gasteiger partial charge in [0.05, 0.1) is 18.6 Å². The average molecular weight is 268 g/mol. The normalized spacial score (nSPS) is 11.9. The van der Waals surface area contributed by atoms with Gasteiger partial charge in [0, 0.05) is 25.4 Å². The Morgan fingerprint density at radius 3 is 2.56 bits per heavy atom. The molecular weight excluding hydrogens is 256 g/mol. The molecule has 2 rings (SSSR count). The Morgan fingerprint density at radius 1 is 1.33 bits per heavy atom. The number of hydrogen-bond acceptors (Lipinski definition) is 6. The minimum absolute atomic E-state index is 0.00250. The fraction of sp³-hybridized carbons (Fsp3) is 0.222. The van der Waals surface area contributed by atoms with E-state index in [4.69, 9.17) is 5.73 Å². The summed E-state index contributed by atoms with van der Waals surface area (Å²) in [5, 5.41) is 6.37. The summed E-state index contributed by atoms with van der Waals surface area (Å²) in [5.74, 6) is 0.0337. The molecule has 96 valence electrons. The van der Waals surface area contributed by atoms with E-state index in [1.165, 1.54) is 23.7 Å². The van der Waals surface area contributed by atoms with Crippen molar-refractivity contribution in [1.29, 1.82) is 0 Å². The molecule has 2 aromatic rings. The zero-order chi connectivity index (χ0) is 13.2. The fourth-order valence-corrected chi connectivity index (χ4v) is 2.40. The predicted molar refractivity (Wildman–Crippen MR) is 63.7 cm³/mol. The second kappa shape index (κ2) is 4.70. The second-order valence-electron chi connectivity index (χ2n) is 3.64. The van der Waals surface area contributed by atoms with Crippen molar-refractivity contribution < 1.29 is 8.42 Å². The molecule has 0 saturated carbocycles. The molecule has 0 radical (unpaired) electrons. The summed E-state index contributed by atoms with van der Waals surface area (Å²) in [4.78, 5) is 7.34. The lowest BCUT2D eigenvalue weighted by atomic mass is 10.4. The monoisotopic (exact) mass is 268 g/mol. The van der Waals surface area contributed by atoms with E-state index in [1.54, 1.807) is 12.4 Å². The molecule has 0 atom stereocenters. The maximum atomic E-state index is 12.1. The maximum absolute atomic E-state index is 12.1. The highest BCUT2D eigenvalue weighted by Gasteiger charge is 2.21. The Balaban J connectivity index is 2.22. The number of H-pyrrole nitrogens is 1. The minimum atomic E-state index is -3.62. The van der Waals surface area contributed by atoms with Crippen LogP contribution in [0.2, 0.25) is 0 Å². The third kappa shape index (κ3) is 2.46. The van der Waals surface area contributed by atoms with Gasteiger partial charge in [0.15, 0.2) is 0 Å². The third-order valence-electron chi connectivity index (χ3n) is 2.32. The van der Waals surface area contributed by atoms with Crippen LogP contribution in [0.15, 0.2) is 29.7 Å². The van der Waals surface area contributed by atoms with Gasteiger partial charge in [0.1, 0.15) is 4.90 Å². The standard InChI is InChI=1S/C9H12N6O2S/c1-15(6-7-2-13-14-3-7)18(16,17)8-4-11-9(10)12-5-8/h2-5H,6H2,1H3,(H,13,14)(H2,10,11,12). The van der Waals surface area contributed by atoms with Crippen molar-refractivity contribution in [2.24, 2.45) is 0 Å². The van der Waals surface area contributed by atoms with Crippen molar-refractivity contribution in [2.75, 3.05) is 12.8 Å². The summed E-state index contributed by atoms with van der Waals surface area (Å²) < 4.78 is 25.5. The Labute approximate surface area is 104 Å². The lowest BCUT2D eigenvalue weighted by Crippen LogP contribution is -2.26. The third-order valence-corrected chi connectivity index (χ3v) is 4.07. The number of nitrogens with two attached hydrogens (primary N) is 1. The average Bonchev–Trinajstić information content (AvgIpc) is 2.82. The van der Waals surface area contributed by atoms with Crippen molar-refractivity contribution in [1.82, 2.24) is 24.5 Å². The number of sulfonamides is 1. The molecule has 0 aliphatic rings. The summed E-state index contributed by atoms with van der Waals surface area (Å²) in [6.45, 7) is 0.212. The molecule has 18 heavy (non-hydrogen) atoms. The van der Waals surface area contributed by atoms with Crippen LogP contribution in [0, 0.1) is 0 Å². The summed E-state index contributed by atoms with van der Waals surface area (Å²) in [5.41, 5.74) is 6.07. The van der Waals surface area contributed by atoms with Crippen LogP contribution in [0.25, 0.3) is 0 Å². The van der Waals surface area contributed by atoms with Crippen molar-refractivity contribution in [3.63, 3.8) is 0 Å². The SMILES string of the molecule is CN(Cc1cn[nH]c1)S(=O)(=O)c1cnc(N)nc1. The van der Waals surface area contributed by atoms with Gasteiger partial charge >= 0.3 is 0 Å². The number of anilines is 1. The molecule has 0 aliphatic heterocycles. The van der Waals surface area contributed by atoms with Crippen LogP contribution >= 0.6 is 0 Å². The highest BCUT2D eigenvalue weighted by atomic mass is 32.2. The number of aromatic amines is 1. The van der Waals surface area contributed by atoms with Gasteiger partial charge in [0.2, 0.25) is 16.0 Å². The number of hydrogen-bond donors (Lipinski definition) is 2. The smallest absolute Gasteiger partial charge is 0.246 e. The van der Waals surface area contributed by atoms with E-state index in [9.17, 15) is 8.42 Å². The number of rotatable bonds is 4. The van der Waals surface area contributed by atoms with Gasteiger partial charge in [0.25, 0.3) is 0 Å². The maximum Gasteiger partial charge on any atom is 0.246 e. The molecule has 3 N–H and O–H groups in total. The molecule has 2 heterocycles. The Morgan fingerprint density at radius 2 is 2.00 bits per heavy atom. The van der Waals surface area contributed by atoms with E-state index in [1.807, 2.05) is 0 Å². The first-order valence-electron chi connectivity index (χ1n) is 5.01. The Bertz CT molecular complexity index is 607. The van der Waals surface area contributed by atoms with E-state index in [-0.39, 0.29) is 17.4 Å². The molecule has 0 unspecified atom stereocenters. The summed E-state index contributed by atoms with van der Waals surface area (Å²) in [6, 6.07) is 0. The van der Waals surface area contributed by atoms with Crippen molar-refractivity contribution in [2.45, 2.75) is 11.4 Å². The minimum Gasteiger partial charge on any atom is -0.368 e. The van der Waals surface area contributed by atoms with Crippen molar-refractivity contribution >= 4 is 16.0 Å². The van der Waals surface area contributed by atoms with Gasteiger partial charge in [-0.1, -0.05) is 0 Å². The molecule has 0 spiro atoms. The Hall–Kier alpha value is -2.00. The molecular formula is C9H12N6O2S. The molecule has 2 aromatic heterocycles. The zero-order valence-electron chi connectivity index (χ0n) is 9.61. The van der Waals surface area contributed by atoms with Gasteiger partial charge in [-0.15, -0.1) is 0 Å².